The third kappa shape index (κ3) is 1.03. The van der Waals surface area contributed by atoms with E-state index in [4.69, 9.17) is 5.73 Å². The molecule has 12 heavy (non-hydrogen) atoms. The van der Waals surface area contributed by atoms with Gasteiger partial charge in [0.2, 0.25) is 0 Å². The van der Waals surface area contributed by atoms with Crippen LogP contribution in [0.4, 0.5) is 5.69 Å². The van der Waals surface area contributed by atoms with E-state index < -0.39 is 0 Å². The molecule has 0 unspecified atom stereocenters. The second-order valence-electron chi connectivity index (χ2n) is 2.61. The summed E-state index contributed by atoms with van der Waals surface area (Å²) < 4.78 is 6.39. The van der Waals surface area contributed by atoms with Crippen molar-refractivity contribution in [2.75, 3.05) is 5.73 Å². The molecule has 2 rings (SSSR count). The molecule has 0 aliphatic rings. The van der Waals surface area contributed by atoms with Gasteiger partial charge in [-0.05, 0) is 30.6 Å². The van der Waals surface area contributed by atoms with Crippen LogP contribution in [0.1, 0.15) is 5.69 Å². The van der Waals surface area contributed by atoms with Crippen LogP contribution in [0.15, 0.2) is 16.6 Å². The average Bonchev–Trinajstić information content (AvgIpc) is 2.42. The quantitative estimate of drug-likeness (QED) is 0.722. The maximum absolute atomic E-state index is 5.79. The minimum absolute atomic E-state index is 0.804. The van der Waals surface area contributed by atoms with E-state index >= 15 is 0 Å². The number of benzene rings is 1. The molecule has 4 heteroatoms. The van der Waals surface area contributed by atoms with E-state index in [1.165, 1.54) is 11.5 Å². The summed E-state index contributed by atoms with van der Waals surface area (Å²) >= 11 is 4.92. The minimum atomic E-state index is 0.804. The Labute approximate surface area is 82.7 Å². The van der Waals surface area contributed by atoms with Crippen LogP contribution >= 0.6 is 27.5 Å². The highest BCUT2D eigenvalue weighted by Crippen LogP contribution is 2.33. The molecule has 1 aromatic carbocycles. The predicted octanol–water partition coefficient (Wildman–Crippen LogP) is 2.95. The number of nitrogens with two attached hydrogens (primary N) is 1. The monoisotopic (exact) mass is 242 g/mol. The van der Waals surface area contributed by atoms with Crippen molar-refractivity contribution in [1.29, 1.82) is 0 Å². The van der Waals surface area contributed by atoms with Crippen molar-refractivity contribution < 1.29 is 0 Å². The molecule has 0 saturated heterocycles. The normalized spacial score (nSPS) is 10.8. The molecular weight excluding hydrogens is 236 g/mol. The largest absolute Gasteiger partial charge is 0.398 e. The molecule has 0 saturated carbocycles. The molecule has 0 bridgehead atoms. The lowest BCUT2D eigenvalue weighted by Crippen LogP contribution is -1.84. The van der Waals surface area contributed by atoms with E-state index in [2.05, 4.69) is 20.3 Å². The second-order valence-corrected chi connectivity index (χ2v) is 4.24. The number of anilines is 1. The van der Waals surface area contributed by atoms with E-state index in [1.807, 2.05) is 19.1 Å². The van der Waals surface area contributed by atoms with Crippen LogP contribution in [0.3, 0.4) is 0 Å². The van der Waals surface area contributed by atoms with Crippen molar-refractivity contribution in [3.63, 3.8) is 0 Å². The molecule has 0 fully saturated rings. The van der Waals surface area contributed by atoms with Gasteiger partial charge in [-0.2, -0.15) is 4.37 Å². The minimum Gasteiger partial charge on any atom is -0.398 e. The summed E-state index contributed by atoms with van der Waals surface area (Å²) in [6, 6.07) is 3.85. The van der Waals surface area contributed by atoms with Gasteiger partial charge in [-0.3, -0.25) is 0 Å². The Morgan fingerprint density at radius 1 is 1.50 bits per heavy atom. The smallest absolute Gasteiger partial charge is 0.0793 e. The Morgan fingerprint density at radius 2 is 2.25 bits per heavy atom. The molecule has 1 aromatic heterocycles. The van der Waals surface area contributed by atoms with Crippen LogP contribution < -0.4 is 5.73 Å². The summed E-state index contributed by atoms with van der Waals surface area (Å²) in [6.07, 6.45) is 0. The highest BCUT2D eigenvalue weighted by molar-refractivity contribution is 9.10. The molecule has 2 N–H and O–H groups in total. The molecule has 0 aliphatic heterocycles. The summed E-state index contributed by atoms with van der Waals surface area (Å²) in [4.78, 5) is 0. The Balaban J connectivity index is 2.98. The van der Waals surface area contributed by atoms with Gasteiger partial charge in [-0.1, -0.05) is 15.9 Å². The van der Waals surface area contributed by atoms with Gasteiger partial charge in [0.05, 0.1) is 16.1 Å². The van der Waals surface area contributed by atoms with Gasteiger partial charge >= 0.3 is 0 Å². The van der Waals surface area contributed by atoms with Gasteiger partial charge < -0.3 is 5.73 Å². The lowest BCUT2D eigenvalue weighted by Gasteiger charge is -1.97. The van der Waals surface area contributed by atoms with E-state index in [9.17, 15) is 0 Å². The third-order valence-corrected chi connectivity index (χ3v) is 3.42. The van der Waals surface area contributed by atoms with Crippen LogP contribution in [-0.4, -0.2) is 4.37 Å². The fraction of sp³-hybridized carbons (Fsp3) is 0.125. The molecule has 0 radical (unpaired) electrons. The molecule has 2 aromatic rings. The number of hydrogen-bond donors (Lipinski definition) is 1. The lowest BCUT2D eigenvalue weighted by molar-refractivity contribution is 1.37. The number of halogens is 1. The molecule has 1 heterocycles. The number of fused-ring (bicyclic) bond motifs is 1. The molecule has 2 nitrogen and oxygen atoms in total. The van der Waals surface area contributed by atoms with Crippen LogP contribution in [0, 0.1) is 6.92 Å². The summed E-state index contributed by atoms with van der Waals surface area (Å²) in [5.41, 5.74) is 7.63. The Hall–Kier alpha value is -0.610. The number of aryl methyl sites for hydroxylation is 1. The van der Waals surface area contributed by atoms with E-state index in [-0.39, 0.29) is 0 Å². The van der Waals surface area contributed by atoms with Crippen molar-refractivity contribution in [2.45, 2.75) is 6.92 Å². The number of nitrogens with zero attached hydrogens (tertiary/aromatic N) is 1. The average molecular weight is 243 g/mol. The van der Waals surface area contributed by atoms with Gasteiger partial charge in [0, 0.05) is 9.86 Å². The van der Waals surface area contributed by atoms with Gasteiger partial charge in [0.15, 0.2) is 0 Å². The molecule has 0 amide bonds. The lowest BCUT2D eigenvalue weighted by atomic mass is 10.2. The fourth-order valence-corrected chi connectivity index (χ4v) is 2.76. The number of rotatable bonds is 0. The topological polar surface area (TPSA) is 38.9 Å². The first-order chi connectivity index (χ1) is 5.70. The van der Waals surface area contributed by atoms with Gasteiger partial charge in [-0.25, -0.2) is 0 Å². The Morgan fingerprint density at radius 3 is 2.92 bits per heavy atom. The first-order valence-electron chi connectivity index (χ1n) is 3.50. The zero-order chi connectivity index (χ0) is 8.72. The van der Waals surface area contributed by atoms with Crippen molar-refractivity contribution in [2.24, 2.45) is 0 Å². The Kier molecular flexibility index (Phi) is 1.81. The zero-order valence-electron chi connectivity index (χ0n) is 6.47. The van der Waals surface area contributed by atoms with Crippen LogP contribution in [0.2, 0.25) is 0 Å². The van der Waals surface area contributed by atoms with Gasteiger partial charge in [0.25, 0.3) is 0 Å². The first kappa shape index (κ1) is 8.01. The van der Waals surface area contributed by atoms with Crippen LogP contribution in [-0.2, 0) is 0 Å². The molecule has 0 atom stereocenters. The maximum atomic E-state index is 5.79. The van der Waals surface area contributed by atoms with Crippen molar-refractivity contribution in [1.82, 2.24) is 4.37 Å². The SMILES string of the molecule is Cc1nsc2c(N)ccc(Br)c12. The van der Waals surface area contributed by atoms with Crippen molar-refractivity contribution in [3.05, 3.63) is 22.3 Å². The van der Waals surface area contributed by atoms with E-state index in [0.717, 1.165) is 25.9 Å². The number of nitrogen functional groups attached to an aromatic ring is 1. The van der Waals surface area contributed by atoms with E-state index in [0.29, 0.717) is 0 Å². The second kappa shape index (κ2) is 2.71. The highest BCUT2D eigenvalue weighted by atomic mass is 79.9. The third-order valence-electron chi connectivity index (χ3n) is 1.77. The molecule has 62 valence electrons. The maximum Gasteiger partial charge on any atom is 0.0793 e. The predicted molar refractivity (Wildman–Crippen MR) is 56.5 cm³/mol. The summed E-state index contributed by atoms with van der Waals surface area (Å²) in [6.45, 7) is 1.99. The molecule has 0 spiro atoms. The Bertz CT molecular complexity index is 436. The van der Waals surface area contributed by atoms with Crippen LogP contribution in [0.5, 0.6) is 0 Å². The van der Waals surface area contributed by atoms with Crippen molar-refractivity contribution in [3.8, 4) is 0 Å². The summed E-state index contributed by atoms with van der Waals surface area (Å²) in [5.74, 6) is 0. The van der Waals surface area contributed by atoms with Gasteiger partial charge in [0.1, 0.15) is 0 Å². The molecule has 0 aliphatic carbocycles. The van der Waals surface area contributed by atoms with E-state index in [1.54, 1.807) is 0 Å². The number of hydrogen-bond acceptors (Lipinski definition) is 3. The van der Waals surface area contributed by atoms with Crippen molar-refractivity contribution >= 4 is 43.2 Å². The standard InChI is InChI=1S/C8H7BrN2S/c1-4-7-5(9)2-3-6(10)8(7)12-11-4/h2-3H,10H2,1H3. The fourth-order valence-electron chi connectivity index (χ4n) is 1.17. The summed E-state index contributed by atoms with van der Waals surface area (Å²) in [7, 11) is 0. The first-order valence-corrected chi connectivity index (χ1v) is 5.07. The summed E-state index contributed by atoms with van der Waals surface area (Å²) in [5, 5.41) is 1.14. The zero-order valence-corrected chi connectivity index (χ0v) is 8.87. The van der Waals surface area contributed by atoms with Crippen LogP contribution in [0.25, 0.3) is 10.1 Å². The van der Waals surface area contributed by atoms with Gasteiger partial charge in [-0.15, -0.1) is 0 Å². The highest BCUT2D eigenvalue weighted by Gasteiger charge is 2.07. The number of aromatic nitrogens is 1. The molecular formula is C8H7BrN2S.